The smallest absolute Gasteiger partial charge is 0.0934 e. The third kappa shape index (κ3) is 3.04. The number of benzene rings is 1. The topological polar surface area (TPSA) is 15.3 Å². The number of hydrogen-bond acceptors (Lipinski definition) is 3. The molecule has 0 amide bonds. The summed E-state index contributed by atoms with van der Waals surface area (Å²) >= 11 is 7.93. The van der Waals surface area contributed by atoms with Crippen molar-refractivity contribution < 1.29 is 0 Å². The molecule has 1 aromatic carbocycles. The Hall–Kier alpha value is -1.19. The van der Waals surface area contributed by atoms with E-state index in [9.17, 15) is 0 Å². The van der Waals surface area contributed by atoms with Crippen LogP contribution in [0.15, 0.2) is 24.3 Å². The number of rotatable bonds is 3. The Kier molecular flexibility index (Phi) is 4.14. The van der Waals surface area contributed by atoms with E-state index in [4.69, 9.17) is 11.6 Å². The highest BCUT2D eigenvalue weighted by Gasteiger charge is 2.23. The Morgan fingerprint density at radius 1 is 1.29 bits per heavy atom. The van der Waals surface area contributed by atoms with Gasteiger partial charge in [0.15, 0.2) is 0 Å². The summed E-state index contributed by atoms with van der Waals surface area (Å²) < 4.78 is 0.911. The lowest BCUT2D eigenvalue weighted by Gasteiger charge is -2.26. The van der Waals surface area contributed by atoms with Gasteiger partial charge in [0, 0.05) is 30.3 Å². The van der Waals surface area contributed by atoms with Gasteiger partial charge >= 0.3 is 0 Å². The average Bonchev–Trinajstić information content (AvgIpc) is 2.82. The molecule has 4 heteroatoms. The van der Waals surface area contributed by atoms with Crippen LogP contribution in [0.4, 0.5) is 11.4 Å². The predicted molar refractivity (Wildman–Crippen MR) is 94.1 cm³/mol. The van der Waals surface area contributed by atoms with E-state index in [1.807, 2.05) is 0 Å². The molecule has 1 aromatic heterocycles. The molecule has 0 saturated carbocycles. The molecule has 0 fully saturated rings. The fourth-order valence-corrected chi connectivity index (χ4v) is 4.33. The zero-order chi connectivity index (χ0) is 15.0. The Morgan fingerprint density at radius 2 is 2.10 bits per heavy atom. The molecule has 1 aliphatic rings. The first-order valence-corrected chi connectivity index (χ1v) is 8.56. The van der Waals surface area contributed by atoms with Crippen LogP contribution >= 0.6 is 22.9 Å². The molecule has 0 bridgehead atoms. The van der Waals surface area contributed by atoms with Crippen molar-refractivity contribution >= 4 is 34.3 Å². The van der Waals surface area contributed by atoms with Crippen molar-refractivity contribution in [1.29, 1.82) is 0 Å². The third-order valence-electron chi connectivity index (χ3n) is 4.14. The van der Waals surface area contributed by atoms with Gasteiger partial charge in [-0.05, 0) is 61.6 Å². The van der Waals surface area contributed by atoms with Crippen molar-refractivity contribution in [2.45, 2.75) is 32.2 Å². The van der Waals surface area contributed by atoms with Gasteiger partial charge in [0.05, 0.1) is 10.4 Å². The van der Waals surface area contributed by atoms with Crippen molar-refractivity contribution in [3.63, 3.8) is 0 Å². The van der Waals surface area contributed by atoms with E-state index in [-0.39, 0.29) is 0 Å². The normalized spacial score (nSPS) is 17.4. The largest absolute Gasteiger partial charge is 0.378 e. The molecular formula is C17H21ClN2S. The van der Waals surface area contributed by atoms with Crippen molar-refractivity contribution in [2.24, 2.45) is 0 Å². The summed E-state index contributed by atoms with van der Waals surface area (Å²) in [6, 6.07) is 9.11. The second-order valence-electron chi connectivity index (χ2n) is 5.91. The number of anilines is 2. The van der Waals surface area contributed by atoms with Gasteiger partial charge in [0.1, 0.15) is 0 Å². The van der Waals surface area contributed by atoms with Gasteiger partial charge < -0.3 is 10.2 Å². The van der Waals surface area contributed by atoms with E-state index in [2.05, 4.69) is 55.5 Å². The summed E-state index contributed by atoms with van der Waals surface area (Å²) in [5, 5.41) is 3.71. The molecule has 0 spiro atoms. The van der Waals surface area contributed by atoms with Crippen LogP contribution in [0.25, 0.3) is 0 Å². The first-order chi connectivity index (χ1) is 10.0. The molecule has 1 atom stereocenters. The Bertz CT molecular complexity index is 648. The van der Waals surface area contributed by atoms with Crippen LogP contribution in [0, 0.1) is 6.92 Å². The van der Waals surface area contributed by atoms with Gasteiger partial charge in [0.2, 0.25) is 0 Å². The molecule has 112 valence electrons. The van der Waals surface area contributed by atoms with Gasteiger partial charge in [0.25, 0.3) is 0 Å². The maximum absolute atomic E-state index is 6.19. The van der Waals surface area contributed by atoms with Crippen LogP contribution < -0.4 is 10.2 Å². The van der Waals surface area contributed by atoms with Crippen LogP contribution in [0.1, 0.15) is 34.9 Å². The Morgan fingerprint density at radius 3 is 2.81 bits per heavy atom. The summed E-state index contributed by atoms with van der Waals surface area (Å²) in [6.45, 7) is 2.17. The van der Waals surface area contributed by atoms with Crippen molar-refractivity contribution in [3.8, 4) is 0 Å². The number of hydrogen-bond donors (Lipinski definition) is 1. The molecule has 0 aliphatic heterocycles. The third-order valence-corrected chi connectivity index (χ3v) is 5.48. The zero-order valence-corrected chi connectivity index (χ0v) is 14.3. The van der Waals surface area contributed by atoms with Crippen molar-refractivity contribution in [2.75, 3.05) is 24.3 Å². The van der Waals surface area contributed by atoms with E-state index < -0.39 is 0 Å². The molecule has 21 heavy (non-hydrogen) atoms. The minimum atomic E-state index is 0.390. The molecule has 2 nitrogen and oxygen atoms in total. The molecule has 1 aliphatic carbocycles. The number of halogens is 1. The summed E-state index contributed by atoms with van der Waals surface area (Å²) in [4.78, 5) is 3.58. The number of nitrogens with one attached hydrogen (secondary N) is 1. The molecule has 2 aromatic rings. The van der Waals surface area contributed by atoms with E-state index in [1.165, 1.54) is 46.6 Å². The van der Waals surface area contributed by atoms with Crippen LogP contribution in [0.5, 0.6) is 0 Å². The average molecular weight is 321 g/mol. The van der Waals surface area contributed by atoms with Gasteiger partial charge in [-0.15, -0.1) is 11.3 Å². The quantitative estimate of drug-likeness (QED) is 0.829. The van der Waals surface area contributed by atoms with Crippen LogP contribution in [-0.2, 0) is 6.42 Å². The lowest BCUT2D eigenvalue weighted by Crippen LogP contribution is -2.16. The molecule has 1 unspecified atom stereocenters. The zero-order valence-electron chi connectivity index (χ0n) is 12.7. The van der Waals surface area contributed by atoms with E-state index in [1.54, 1.807) is 11.3 Å². The Balaban J connectivity index is 1.84. The summed E-state index contributed by atoms with van der Waals surface area (Å²) in [6.07, 6.45) is 3.58. The molecule has 3 rings (SSSR count). The van der Waals surface area contributed by atoms with Crippen LogP contribution in [0.3, 0.4) is 0 Å². The van der Waals surface area contributed by atoms with E-state index >= 15 is 0 Å². The highest BCUT2D eigenvalue weighted by molar-refractivity contribution is 7.16. The number of aryl methyl sites for hydroxylation is 2. The minimum Gasteiger partial charge on any atom is -0.378 e. The highest BCUT2D eigenvalue weighted by Crippen LogP contribution is 2.39. The summed E-state index contributed by atoms with van der Waals surface area (Å²) in [7, 11) is 4.14. The fraction of sp³-hybridized carbons (Fsp3) is 0.412. The maximum Gasteiger partial charge on any atom is 0.0934 e. The standard InChI is InChI=1S/C17H21ClN2S/c1-11-9-12(20(2)3)7-8-14(11)19-15-5-4-6-16-13(15)10-17(18)21-16/h7-10,15,19H,4-6H2,1-3H3. The first-order valence-electron chi connectivity index (χ1n) is 7.37. The SMILES string of the molecule is Cc1cc(N(C)C)ccc1NC1CCCc2sc(Cl)cc21. The molecule has 0 saturated heterocycles. The van der Waals surface area contributed by atoms with E-state index in [0.717, 1.165) is 4.34 Å². The van der Waals surface area contributed by atoms with E-state index in [0.29, 0.717) is 6.04 Å². The predicted octanol–water partition coefficient (Wildman–Crippen LogP) is 5.27. The second kappa shape index (κ2) is 5.90. The fourth-order valence-electron chi connectivity index (χ4n) is 2.95. The number of fused-ring (bicyclic) bond motifs is 1. The monoisotopic (exact) mass is 320 g/mol. The lowest BCUT2D eigenvalue weighted by atomic mass is 9.93. The molecule has 0 radical (unpaired) electrons. The number of thiophene rings is 1. The molecular weight excluding hydrogens is 300 g/mol. The molecule has 1 N–H and O–H groups in total. The summed E-state index contributed by atoms with van der Waals surface area (Å²) in [5.41, 5.74) is 5.14. The van der Waals surface area contributed by atoms with Gasteiger partial charge in [-0.2, -0.15) is 0 Å². The molecule has 1 heterocycles. The highest BCUT2D eigenvalue weighted by atomic mass is 35.5. The van der Waals surface area contributed by atoms with Gasteiger partial charge in [-0.25, -0.2) is 0 Å². The van der Waals surface area contributed by atoms with Crippen LogP contribution in [-0.4, -0.2) is 14.1 Å². The van der Waals surface area contributed by atoms with Crippen LogP contribution in [0.2, 0.25) is 4.34 Å². The summed E-state index contributed by atoms with van der Waals surface area (Å²) in [5.74, 6) is 0. The first kappa shape index (κ1) is 14.7. The minimum absolute atomic E-state index is 0.390. The second-order valence-corrected chi connectivity index (χ2v) is 7.68. The van der Waals surface area contributed by atoms with Gasteiger partial charge in [-0.1, -0.05) is 11.6 Å². The number of nitrogens with zero attached hydrogens (tertiary/aromatic N) is 1. The Labute approximate surface area is 135 Å². The van der Waals surface area contributed by atoms with Crippen molar-refractivity contribution in [1.82, 2.24) is 0 Å². The van der Waals surface area contributed by atoms with Crippen molar-refractivity contribution in [3.05, 3.63) is 44.6 Å². The van der Waals surface area contributed by atoms with Gasteiger partial charge in [-0.3, -0.25) is 0 Å². The lowest BCUT2D eigenvalue weighted by molar-refractivity contribution is 0.608. The maximum atomic E-state index is 6.19.